The lowest BCUT2D eigenvalue weighted by Crippen LogP contribution is -3.12. The van der Waals surface area contributed by atoms with Gasteiger partial charge in [0, 0.05) is 17.4 Å². The highest BCUT2D eigenvalue weighted by atomic mass is 35.5. The Morgan fingerprint density at radius 2 is 1.92 bits per heavy atom. The van der Waals surface area contributed by atoms with Crippen LogP contribution < -0.4 is 15.3 Å². The number of benzene rings is 2. The normalized spacial score (nSPS) is 16.3. The summed E-state index contributed by atoms with van der Waals surface area (Å²) in [5.74, 6) is 0.647. The number of hydrogen-bond donors (Lipinski definition) is 1. The Bertz CT molecular complexity index is 1030. The molecule has 26 heavy (non-hydrogen) atoms. The van der Waals surface area contributed by atoms with Gasteiger partial charge in [-0.3, -0.25) is 4.90 Å². The van der Waals surface area contributed by atoms with Crippen molar-refractivity contribution in [2.75, 3.05) is 13.3 Å². The Morgan fingerprint density at radius 1 is 1.15 bits per heavy atom. The molecule has 2 heterocycles. The molecule has 4 nitrogen and oxygen atoms in total. The lowest BCUT2D eigenvalue weighted by Gasteiger charge is -2.27. The summed E-state index contributed by atoms with van der Waals surface area (Å²) in [5, 5.41) is 1.46. The SMILES string of the molecule is Cc1c(C)c2cc(Cl)c3c(c2oc1=O)C[NH+](CCc1ccccc1)CO3. The van der Waals surface area contributed by atoms with Gasteiger partial charge < -0.3 is 9.15 Å². The van der Waals surface area contributed by atoms with Gasteiger partial charge in [0.2, 0.25) is 6.73 Å². The number of rotatable bonds is 3. The van der Waals surface area contributed by atoms with Gasteiger partial charge in [0.1, 0.15) is 6.54 Å². The summed E-state index contributed by atoms with van der Waals surface area (Å²) in [6.07, 6.45) is 0.968. The molecule has 4 rings (SSSR count). The summed E-state index contributed by atoms with van der Waals surface area (Å²) < 4.78 is 11.6. The first kappa shape index (κ1) is 17.1. The highest BCUT2D eigenvalue weighted by molar-refractivity contribution is 6.33. The van der Waals surface area contributed by atoms with Crippen LogP contribution in [0.5, 0.6) is 5.75 Å². The zero-order chi connectivity index (χ0) is 18.3. The number of aryl methyl sites for hydroxylation is 1. The maximum absolute atomic E-state index is 12.2. The molecule has 5 heteroatoms. The molecule has 0 bridgehead atoms. The predicted molar refractivity (Wildman–Crippen MR) is 102 cm³/mol. The molecular formula is C21H21ClNO3+. The van der Waals surface area contributed by atoms with E-state index in [1.807, 2.05) is 19.1 Å². The van der Waals surface area contributed by atoms with E-state index in [1.165, 1.54) is 10.5 Å². The number of fused-ring (bicyclic) bond motifs is 3. The zero-order valence-corrected chi connectivity index (χ0v) is 15.7. The van der Waals surface area contributed by atoms with E-state index >= 15 is 0 Å². The second-order valence-electron chi connectivity index (χ2n) is 6.88. The molecule has 3 aromatic rings. The molecule has 0 spiro atoms. The average molecular weight is 371 g/mol. The topological polar surface area (TPSA) is 43.9 Å². The van der Waals surface area contributed by atoms with E-state index in [0.29, 0.717) is 28.6 Å². The number of hydrogen-bond acceptors (Lipinski definition) is 3. The molecule has 1 N–H and O–H groups in total. The smallest absolute Gasteiger partial charge is 0.339 e. The Kier molecular flexibility index (Phi) is 4.47. The van der Waals surface area contributed by atoms with Gasteiger partial charge in [0.15, 0.2) is 11.3 Å². The lowest BCUT2D eigenvalue weighted by atomic mass is 10.0. The van der Waals surface area contributed by atoms with Gasteiger partial charge in [-0.1, -0.05) is 41.9 Å². The second kappa shape index (κ2) is 6.78. The van der Waals surface area contributed by atoms with Crippen LogP contribution in [0, 0.1) is 13.8 Å². The third-order valence-corrected chi connectivity index (χ3v) is 5.49. The maximum atomic E-state index is 12.2. The summed E-state index contributed by atoms with van der Waals surface area (Å²) in [4.78, 5) is 13.5. The third kappa shape index (κ3) is 3.00. The first-order valence-electron chi connectivity index (χ1n) is 8.80. The van der Waals surface area contributed by atoms with Crippen LogP contribution in [0.15, 0.2) is 45.6 Å². The van der Waals surface area contributed by atoms with Gasteiger partial charge in [0.25, 0.3) is 0 Å². The predicted octanol–water partition coefficient (Wildman–Crippen LogP) is 3.04. The van der Waals surface area contributed by atoms with E-state index in [2.05, 4.69) is 24.3 Å². The van der Waals surface area contributed by atoms with Crippen LogP contribution in [-0.2, 0) is 13.0 Å². The molecular weight excluding hydrogens is 350 g/mol. The van der Waals surface area contributed by atoms with E-state index in [9.17, 15) is 4.79 Å². The Balaban J connectivity index is 1.69. The second-order valence-corrected chi connectivity index (χ2v) is 7.29. The largest absolute Gasteiger partial charge is 0.443 e. The summed E-state index contributed by atoms with van der Waals surface area (Å²) in [5.41, 5.74) is 4.04. The fourth-order valence-electron chi connectivity index (χ4n) is 3.51. The number of nitrogens with one attached hydrogen (secondary N) is 1. The van der Waals surface area contributed by atoms with Gasteiger partial charge in [0.05, 0.1) is 17.1 Å². The van der Waals surface area contributed by atoms with Crippen LogP contribution in [-0.4, -0.2) is 13.3 Å². The van der Waals surface area contributed by atoms with Crippen molar-refractivity contribution in [1.82, 2.24) is 0 Å². The molecule has 0 radical (unpaired) electrons. The van der Waals surface area contributed by atoms with Gasteiger partial charge >= 0.3 is 5.63 Å². The van der Waals surface area contributed by atoms with Gasteiger partial charge in [-0.25, -0.2) is 4.79 Å². The summed E-state index contributed by atoms with van der Waals surface area (Å²) in [6.45, 7) is 5.93. The van der Waals surface area contributed by atoms with Crippen molar-refractivity contribution in [2.24, 2.45) is 0 Å². The van der Waals surface area contributed by atoms with Crippen molar-refractivity contribution in [3.8, 4) is 5.75 Å². The van der Waals surface area contributed by atoms with Crippen LogP contribution in [0.1, 0.15) is 22.3 Å². The highest BCUT2D eigenvalue weighted by Gasteiger charge is 2.27. The number of halogens is 1. The summed E-state index contributed by atoms with van der Waals surface area (Å²) >= 11 is 6.45. The molecule has 1 atom stereocenters. The van der Waals surface area contributed by atoms with Crippen LogP contribution in [0.2, 0.25) is 5.02 Å². The van der Waals surface area contributed by atoms with Crippen LogP contribution in [0.25, 0.3) is 11.0 Å². The van der Waals surface area contributed by atoms with Crippen LogP contribution in [0.4, 0.5) is 0 Å². The van der Waals surface area contributed by atoms with Crippen molar-refractivity contribution in [3.63, 3.8) is 0 Å². The van der Waals surface area contributed by atoms with E-state index in [4.69, 9.17) is 20.8 Å². The van der Waals surface area contributed by atoms with Gasteiger partial charge in [-0.2, -0.15) is 0 Å². The van der Waals surface area contributed by atoms with Crippen molar-refractivity contribution >= 4 is 22.6 Å². The Hall–Kier alpha value is -2.30. The molecule has 0 saturated heterocycles. The Labute approximate surface area is 156 Å². The minimum Gasteiger partial charge on any atom is -0.443 e. The fraction of sp³-hybridized carbons (Fsp3) is 0.286. The first-order valence-corrected chi connectivity index (χ1v) is 9.18. The summed E-state index contributed by atoms with van der Waals surface area (Å²) in [7, 11) is 0. The van der Waals surface area contributed by atoms with Crippen molar-refractivity contribution in [2.45, 2.75) is 26.8 Å². The molecule has 1 aromatic heterocycles. The standard InChI is InChI=1S/C21H20ClNO3/c1-13-14(2)21(24)26-19-16(13)10-18(22)20-17(19)11-23(12-25-20)9-8-15-6-4-3-5-7-15/h3-7,10H,8-9,11-12H2,1-2H3/p+1. The zero-order valence-electron chi connectivity index (χ0n) is 14.9. The van der Waals surface area contributed by atoms with Crippen molar-refractivity contribution < 1.29 is 14.1 Å². The molecule has 0 amide bonds. The van der Waals surface area contributed by atoms with E-state index in [-0.39, 0.29) is 5.63 Å². The molecule has 0 aliphatic carbocycles. The van der Waals surface area contributed by atoms with E-state index in [0.717, 1.165) is 36.0 Å². The number of quaternary nitrogens is 1. The van der Waals surface area contributed by atoms with Gasteiger partial charge in [-0.15, -0.1) is 0 Å². The number of ether oxygens (including phenoxy) is 1. The third-order valence-electron chi connectivity index (χ3n) is 5.21. The molecule has 1 unspecified atom stereocenters. The van der Waals surface area contributed by atoms with E-state index in [1.54, 1.807) is 6.92 Å². The molecule has 0 saturated carbocycles. The monoisotopic (exact) mass is 370 g/mol. The van der Waals surface area contributed by atoms with Gasteiger partial charge in [-0.05, 0) is 31.0 Å². The molecule has 0 fully saturated rings. The molecule has 134 valence electrons. The average Bonchev–Trinajstić information content (AvgIpc) is 2.66. The fourth-order valence-corrected chi connectivity index (χ4v) is 3.78. The van der Waals surface area contributed by atoms with Crippen LogP contribution >= 0.6 is 11.6 Å². The van der Waals surface area contributed by atoms with Crippen molar-refractivity contribution in [3.05, 3.63) is 74.1 Å². The molecule has 2 aromatic carbocycles. The first-order chi connectivity index (χ1) is 12.5. The highest BCUT2D eigenvalue weighted by Crippen LogP contribution is 2.37. The van der Waals surface area contributed by atoms with Crippen molar-refractivity contribution in [1.29, 1.82) is 0 Å². The minimum atomic E-state index is -0.295. The Morgan fingerprint density at radius 3 is 2.69 bits per heavy atom. The van der Waals surface area contributed by atoms with E-state index < -0.39 is 0 Å². The maximum Gasteiger partial charge on any atom is 0.339 e. The lowest BCUT2D eigenvalue weighted by molar-refractivity contribution is -0.932. The minimum absolute atomic E-state index is 0.295. The summed E-state index contributed by atoms with van der Waals surface area (Å²) in [6, 6.07) is 12.2. The molecule has 1 aliphatic heterocycles. The molecule has 1 aliphatic rings. The van der Waals surface area contributed by atoms with Crippen LogP contribution in [0.3, 0.4) is 0 Å². The quantitative estimate of drug-likeness (QED) is 0.721.